The maximum atomic E-state index is 10.9. The topological polar surface area (TPSA) is 90.7 Å². The Hall–Kier alpha value is -1.66. The highest BCUT2D eigenvalue weighted by atomic mass is 35.5. The lowest BCUT2D eigenvalue weighted by Crippen LogP contribution is -2.19. The van der Waals surface area contributed by atoms with E-state index in [1.54, 1.807) is 0 Å². The number of nitrogens with one attached hydrogen (secondary N) is 1. The van der Waals surface area contributed by atoms with Crippen LogP contribution in [-0.4, -0.2) is 19.3 Å². The van der Waals surface area contributed by atoms with Gasteiger partial charge >= 0.3 is 12.2 Å². The number of primary amides is 1. The van der Waals surface area contributed by atoms with Gasteiger partial charge in [-0.1, -0.05) is 23.2 Å². The molecule has 0 aromatic heterocycles. The van der Waals surface area contributed by atoms with Crippen LogP contribution in [0.3, 0.4) is 0 Å². The predicted octanol–water partition coefficient (Wildman–Crippen LogP) is 2.63. The van der Waals surface area contributed by atoms with Crippen molar-refractivity contribution in [3.63, 3.8) is 0 Å². The highest BCUT2D eigenvalue weighted by molar-refractivity contribution is 6.37. The van der Waals surface area contributed by atoms with Crippen molar-refractivity contribution in [1.29, 1.82) is 0 Å². The number of anilines is 1. The summed E-state index contributed by atoms with van der Waals surface area (Å²) in [5.41, 5.74) is 5.10. The molecule has 0 aliphatic carbocycles. The average Bonchev–Trinajstić information content (AvgIpc) is 2.24. The van der Waals surface area contributed by atoms with Gasteiger partial charge in [-0.05, 0) is 6.07 Å². The summed E-state index contributed by atoms with van der Waals surface area (Å²) in [6, 6.07) is 1.75. The van der Waals surface area contributed by atoms with Crippen molar-refractivity contribution in [1.82, 2.24) is 0 Å². The molecule has 0 radical (unpaired) electrons. The van der Waals surface area contributed by atoms with Crippen LogP contribution in [0, 0.1) is 0 Å². The number of rotatable bonds is 2. The largest absolute Gasteiger partial charge is 0.513 e. The fourth-order valence-corrected chi connectivity index (χ4v) is 1.44. The van der Waals surface area contributed by atoms with Crippen LogP contribution in [0.5, 0.6) is 5.75 Å². The van der Waals surface area contributed by atoms with E-state index in [4.69, 9.17) is 33.7 Å². The number of halogens is 2. The Kier molecular flexibility index (Phi) is 4.42. The van der Waals surface area contributed by atoms with Gasteiger partial charge in [0.2, 0.25) is 0 Å². The van der Waals surface area contributed by atoms with Crippen molar-refractivity contribution in [2.75, 3.05) is 12.4 Å². The van der Waals surface area contributed by atoms with Gasteiger partial charge in [0.1, 0.15) is 0 Å². The van der Waals surface area contributed by atoms with Gasteiger partial charge in [-0.25, -0.2) is 9.59 Å². The van der Waals surface area contributed by atoms with E-state index in [1.807, 2.05) is 0 Å². The second kappa shape index (κ2) is 5.60. The van der Waals surface area contributed by atoms with Gasteiger partial charge in [0.05, 0.1) is 22.8 Å². The van der Waals surface area contributed by atoms with Gasteiger partial charge in [0.15, 0.2) is 5.75 Å². The molecule has 2 amide bonds. The van der Waals surface area contributed by atoms with Crippen molar-refractivity contribution >= 4 is 41.1 Å². The first kappa shape index (κ1) is 13.4. The Labute approximate surface area is 107 Å². The molecule has 3 N–H and O–H groups in total. The summed E-state index contributed by atoms with van der Waals surface area (Å²) < 4.78 is 9.02. The smallest absolute Gasteiger partial charge is 0.437 e. The summed E-state index contributed by atoms with van der Waals surface area (Å²) >= 11 is 11.6. The lowest BCUT2D eigenvalue weighted by atomic mass is 10.3. The summed E-state index contributed by atoms with van der Waals surface area (Å²) in [6.07, 6.45) is -0.945. The van der Waals surface area contributed by atoms with E-state index in [9.17, 15) is 9.59 Å². The third kappa shape index (κ3) is 3.69. The number of nitrogens with two attached hydrogens (primary N) is 1. The van der Waals surface area contributed by atoms with Gasteiger partial charge in [-0.15, -0.1) is 0 Å². The molecule has 92 valence electrons. The Morgan fingerprint density at radius 3 is 2.47 bits per heavy atom. The molecule has 1 rings (SSSR count). The number of amides is 2. The molecule has 0 saturated carbocycles. The van der Waals surface area contributed by atoms with Crippen LogP contribution in [0.25, 0.3) is 0 Å². The minimum Gasteiger partial charge on any atom is -0.437 e. The van der Waals surface area contributed by atoms with E-state index in [0.717, 1.165) is 7.11 Å². The quantitative estimate of drug-likeness (QED) is 0.643. The molecule has 0 spiro atoms. The third-order valence-electron chi connectivity index (χ3n) is 1.64. The minimum atomic E-state index is -0.945. The molecule has 1 aromatic carbocycles. The van der Waals surface area contributed by atoms with Crippen LogP contribution in [0.4, 0.5) is 15.3 Å². The number of hydrogen-bond donors (Lipinski definition) is 2. The highest BCUT2D eigenvalue weighted by Gasteiger charge is 2.13. The number of benzene rings is 1. The lowest BCUT2D eigenvalue weighted by Gasteiger charge is -2.09. The Bertz CT molecular complexity index is 465. The van der Waals surface area contributed by atoms with Crippen LogP contribution >= 0.6 is 23.2 Å². The molecule has 0 aliphatic heterocycles. The fourth-order valence-electron chi connectivity index (χ4n) is 0.967. The number of hydrogen-bond acceptors (Lipinski definition) is 4. The fraction of sp³-hybridized carbons (Fsp3) is 0.111. The van der Waals surface area contributed by atoms with Gasteiger partial charge in [0, 0.05) is 6.07 Å². The second-order valence-electron chi connectivity index (χ2n) is 2.81. The van der Waals surface area contributed by atoms with E-state index in [2.05, 4.69) is 10.1 Å². The first-order valence-electron chi connectivity index (χ1n) is 4.25. The van der Waals surface area contributed by atoms with Crippen molar-refractivity contribution in [3.05, 3.63) is 22.2 Å². The Morgan fingerprint density at radius 1 is 1.29 bits per heavy atom. The summed E-state index contributed by atoms with van der Waals surface area (Å²) in [5.74, 6) is -0.00772. The minimum absolute atomic E-state index is 0.00772. The van der Waals surface area contributed by atoms with Gasteiger partial charge < -0.3 is 20.5 Å². The van der Waals surface area contributed by atoms with Crippen molar-refractivity contribution in [2.45, 2.75) is 0 Å². The van der Waals surface area contributed by atoms with Gasteiger partial charge in [0.25, 0.3) is 0 Å². The predicted molar refractivity (Wildman–Crippen MR) is 62.7 cm³/mol. The SMILES string of the molecule is COC(=O)Oc1cc(NC(N)=O)c(Cl)cc1Cl. The second-order valence-corrected chi connectivity index (χ2v) is 3.62. The molecule has 0 aliphatic rings. The molecule has 0 fully saturated rings. The number of ether oxygens (including phenoxy) is 2. The van der Waals surface area contributed by atoms with Gasteiger partial charge in [-0.3, -0.25) is 0 Å². The maximum Gasteiger partial charge on any atom is 0.513 e. The monoisotopic (exact) mass is 278 g/mol. The van der Waals surface area contributed by atoms with Crippen LogP contribution in [0.1, 0.15) is 0 Å². The Balaban J connectivity index is 3.05. The number of methoxy groups -OCH3 is 1. The zero-order chi connectivity index (χ0) is 13.0. The molecule has 6 nitrogen and oxygen atoms in total. The molecule has 0 heterocycles. The number of carbonyl (C=O) groups is 2. The van der Waals surface area contributed by atoms with E-state index in [-0.39, 0.29) is 21.5 Å². The lowest BCUT2D eigenvalue weighted by molar-refractivity contribution is 0.121. The molecule has 17 heavy (non-hydrogen) atoms. The highest BCUT2D eigenvalue weighted by Crippen LogP contribution is 2.34. The molecule has 0 unspecified atom stereocenters. The maximum absolute atomic E-state index is 10.9. The molecular formula is C9H8Cl2N2O4. The van der Waals surface area contributed by atoms with Crippen LogP contribution in [0.15, 0.2) is 12.1 Å². The van der Waals surface area contributed by atoms with Crippen LogP contribution in [0.2, 0.25) is 10.0 Å². The molecule has 0 saturated heterocycles. The Morgan fingerprint density at radius 2 is 1.94 bits per heavy atom. The molecule has 0 atom stereocenters. The van der Waals surface area contributed by atoms with E-state index >= 15 is 0 Å². The van der Waals surface area contributed by atoms with E-state index < -0.39 is 12.2 Å². The zero-order valence-electron chi connectivity index (χ0n) is 8.62. The van der Waals surface area contributed by atoms with Crippen molar-refractivity contribution in [3.8, 4) is 5.75 Å². The zero-order valence-corrected chi connectivity index (χ0v) is 10.1. The summed E-state index contributed by atoms with van der Waals surface area (Å²) in [5, 5.41) is 2.50. The molecule has 0 bridgehead atoms. The first-order chi connectivity index (χ1) is 7.93. The average molecular weight is 279 g/mol. The first-order valence-corrected chi connectivity index (χ1v) is 5.01. The van der Waals surface area contributed by atoms with Crippen molar-refractivity contribution in [2.24, 2.45) is 5.73 Å². The van der Waals surface area contributed by atoms with E-state index in [0.29, 0.717) is 0 Å². The summed E-state index contributed by atoms with van der Waals surface area (Å²) in [4.78, 5) is 21.6. The number of carbonyl (C=O) groups excluding carboxylic acids is 2. The summed E-state index contributed by atoms with van der Waals surface area (Å²) in [7, 11) is 1.15. The number of urea groups is 1. The van der Waals surface area contributed by atoms with Crippen LogP contribution in [-0.2, 0) is 4.74 Å². The van der Waals surface area contributed by atoms with E-state index in [1.165, 1.54) is 12.1 Å². The molecular weight excluding hydrogens is 271 g/mol. The normalized spacial score (nSPS) is 9.59. The van der Waals surface area contributed by atoms with Crippen molar-refractivity contribution < 1.29 is 19.1 Å². The summed E-state index contributed by atoms with van der Waals surface area (Å²) in [6.45, 7) is 0. The molecule has 1 aromatic rings. The van der Waals surface area contributed by atoms with Gasteiger partial charge in [-0.2, -0.15) is 0 Å². The molecule has 8 heteroatoms. The van der Waals surface area contributed by atoms with Crippen LogP contribution < -0.4 is 15.8 Å². The standard InChI is InChI=1S/C9H8Cl2N2O4/c1-16-9(15)17-7-3-6(13-8(12)14)4(10)2-5(7)11/h2-3H,1H3,(H3,12,13,14). The third-order valence-corrected chi connectivity index (χ3v) is 2.25.